The topological polar surface area (TPSA) is 64.6 Å². The monoisotopic (exact) mass is 243 g/mol. The molecule has 0 aliphatic heterocycles. The first-order chi connectivity index (χ1) is 7.76. The lowest BCUT2D eigenvalue weighted by atomic mass is 10.2. The molecule has 0 amide bonds. The van der Waals surface area contributed by atoms with Gasteiger partial charge in [0, 0.05) is 12.6 Å². The fourth-order valence-corrected chi connectivity index (χ4v) is 0.942. The van der Waals surface area contributed by atoms with Crippen LogP contribution in [0.3, 0.4) is 0 Å². The van der Waals surface area contributed by atoms with E-state index >= 15 is 0 Å². The van der Waals surface area contributed by atoms with E-state index in [2.05, 4.69) is 10.1 Å². The Bertz CT molecular complexity index is 291. The minimum Gasteiger partial charge on any atom is -0.466 e. The van der Waals surface area contributed by atoms with Gasteiger partial charge in [-0.2, -0.15) is 0 Å². The highest BCUT2D eigenvalue weighted by molar-refractivity contribution is 5.81. The number of rotatable bonds is 5. The van der Waals surface area contributed by atoms with Crippen molar-refractivity contribution in [2.24, 2.45) is 0 Å². The molecule has 0 aliphatic rings. The number of hydrogen-bond acceptors (Lipinski definition) is 5. The van der Waals surface area contributed by atoms with E-state index in [1.807, 2.05) is 20.8 Å². The molecule has 0 aromatic carbocycles. The van der Waals surface area contributed by atoms with Gasteiger partial charge < -0.3 is 14.8 Å². The van der Waals surface area contributed by atoms with Crippen LogP contribution >= 0.6 is 0 Å². The molecule has 0 saturated heterocycles. The van der Waals surface area contributed by atoms with E-state index < -0.39 is 17.6 Å². The highest BCUT2D eigenvalue weighted by Gasteiger charge is 2.20. The van der Waals surface area contributed by atoms with Gasteiger partial charge in [0.05, 0.1) is 7.11 Å². The Morgan fingerprint density at radius 3 is 2.41 bits per heavy atom. The summed E-state index contributed by atoms with van der Waals surface area (Å²) in [7, 11) is 1.31. The fourth-order valence-electron chi connectivity index (χ4n) is 0.942. The van der Waals surface area contributed by atoms with Gasteiger partial charge in [-0.1, -0.05) is 6.08 Å². The van der Waals surface area contributed by atoms with Gasteiger partial charge >= 0.3 is 11.9 Å². The molecule has 0 aromatic heterocycles. The number of carbonyl (C=O) groups is 2. The predicted molar refractivity (Wildman–Crippen MR) is 64.5 cm³/mol. The van der Waals surface area contributed by atoms with Gasteiger partial charge in [0.2, 0.25) is 0 Å². The van der Waals surface area contributed by atoms with Crippen molar-refractivity contribution in [1.82, 2.24) is 5.32 Å². The van der Waals surface area contributed by atoms with E-state index in [-0.39, 0.29) is 5.97 Å². The minimum absolute atomic E-state index is 0.316. The Morgan fingerprint density at radius 2 is 1.94 bits per heavy atom. The molecule has 17 heavy (non-hydrogen) atoms. The van der Waals surface area contributed by atoms with Crippen LogP contribution in [0.25, 0.3) is 0 Å². The maximum Gasteiger partial charge on any atom is 0.330 e. The standard InChI is InChI=1S/C12H21NO4/c1-9(11(15)17-12(2,3)4)13-8-6-7-10(14)16-5/h6-7,9,13H,8H2,1-5H3/t9-/m0/s1. The lowest BCUT2D eigenvalue weighted by molar-refractivity contribution is -0.156. The van der Waals surface area contributed by atoms with Gasteiger partial charge in [-0.3, -0.25) is 4.79 Å². The molecule has 0 fully saturated rings. The van der Waals surface area contributed by atoms with Crippen LogP contribution in [0.4, 0.5) is 0 Å². The summed E-state index contributed by atoms with van der Waals surface area (Å²) < 4.78 is 9.61. The number of esters is 2. The quantitative estimate of drug-likeness (QED) is 0.577. The predicted octanol–water partition coefficient (Wildman–Crippen LogP) is 1.04. The molecular weight excluding hydrogens is 222 g/mol. The zero-order valence-corrected chi connectivity index (χ0v) is 11.1. The van der Waals surface area contributed by atoms with Crippen LogP contribution in [0.5, 0.6) is 0 Å². The van der Waals surface area contributed by atoms with Crippen LogP contribution in [-0.4, -0.2) is 37.2 Å². The van der Waals surface area contributed by atoms with Gasteiger partial charge in [-0.25, -0.2) is 4.79 Å². The number of ether oxygens (including phenoxy) is 2. The second-order valence-electron chi connectivity index (χ2n) is 4.59. The average molecular weight is 243 g/mol. The van der Waals surface area contributed by atoms with Crippen molar-refractivity contribution in [2.45, 2.75) is 39.3 Å². The zero-order chi connectivity index (χ0) is 13.5. The van der Waals surface area contributed by atoms with Crippen LogP contribution in [-0.2, 0) is 19.1 Å². The van der Waals surface area contributed by atoms with E-state index in [1.165, 1.54) is 13.2 Å². The SMILES string of the molecule is COC(=O)C=CCN[C@@H](C)C(=O)OC(C)(C)C. The van der Waals surface area contributed by atoms with Crippen molar-refractivity contribution in [2.75, 3.05) is 13.7 Å². The molecule has 0 heterocycles. The summed E-state index contributed by atoms with van der Waals surface area (Å²) >= 11 is 0. The molecule has 98 valence electrons. The molecule has 5 heteroatoms. The lowest BCUT2D eigenvalue weighted by Crippen LogP contribution is -2.39. The minimum atomic E-state index is -0.491. The molecule has 0 rings (SSSR count). The van der Waals surface area contributed by atoms with Crippen molar-refractivity contribution in [3.8, 4) is 0 Å². The van der Waals surface area contributed by atoms with Crippen LogP contribution < -0.4 is 5.32 Å². The molecule has 1 N–H and O–H groups in total. The zero-order valence-electron chi connectivity index (χ0n) is 11.1. The third-order valence-electron chi connectivity index (χ3n) is 1.76. The smallest absolute Gasteiger partial charge is 0.330 e. The first-order valence-electron chi connectivity index (χ1n) is 5.47. The van der Waals surface area contributed by atoms with E-state index in [0.29, 0.717) is 6.54 Å². The van der Waals surface area contributed by atoms with E-state index in [9.17, 15) is 9.59 Å². The fraction of sp³-hybridized carbons (Fsp3) is 0.667. The van der Waals surface area contributed by atoms with Crippen molar-refractivity contribution < 1.29 is 19.1 Å². The van der Waals surface area contributed by atoms with Crippen LogP contribution in [0, 0.1) is 0 Å². The lowest BCUT2D eigenvalue weighted by Gasteiger charge is -2.22. The first-order valence-corrected chi connectivity index (χ1v) is 5.47. The molecule has 0 bridgehead atoms. The van der Waals surface area contributed by atoms with Gasteiger partial charge in [-0.05, 0) is 27.7 Å². The molecule has 1 atom stereocenters. The van der Waals surface area contributed by atoms with Gasteiger partial charge in [0.15, 0.2) is 0 Å². The molecule has 5 nitrogen and oxygen atoms in total. The molecule has 0 saturated carbocycles. The number of nitrogens with one attached hydrogen (secondary N) is 1. The molecule has 0 radical (unpaired) electrons. The molecular formula is C12H21NO4. The maximum atomic E-state index is 11.5. The number of carbonyl (C=O) groups excluding carboxylic acids is 2. The third kappa shape index (κ3) is 8.45. The van der Waals surface area contributed by atoms with Crippen molar-refractivity contribution in [3.63, 3.8) is 0 Å². The number of hydrogen-bond donors (Lipinski definition) is 1. The van der Waals surface area contributed by atoms with Gasteiger partial charge in [0.1, 0.15) is 11.6 Å². The second-order valence-corrected chi connectivity index (χ2v) is 4.59. The molecule has 0 spiro atoms. The summed E-state index contributed by atoms with van der Waals surface area (Å²) in [5.41, 5.74) is -0.491. The van der Waals surface area contributed by atoms with Crippen molar-refractivity contribution in [1.29, 1.82) is 0 Å². The van der Waals surface area contributed by atoms with Crippen LogP contribution in [0.15, 0.2) is 12.2 Å². The highest BCUT2D eigenvalue weighted by atomic mass is 16.6. The summed E-state index contributed by atoms with van der Waals surface area (Å²) in [6.07, 6.45) is 2.89. The normalized spacial score (nSPS) is 13.5. The Labute approximate surface area is 102 Å². The summed E-state index contributed by atoms with van der Waals surface area (Å²) in [5, 5.41) is 2.92. The molecule has 0 aromatic rings. The Hall–Kier alpha value is -1.36. The Kier molecular flexibility index (Phi) is 6.50. The summed E-state index contributed by atoms with van der Waals surface area (Å²) in [5.74, 6) is -0.735. The van der Waals surface area contributed by atoms with Crippen molar-refractivity contribution in [3.05, 3.63) is 12.2 Å². The largest absolute Gasteiger partial charge is 0.466 e. The molecule has 0 unspecified atom stereocenters. The third-order valence-corrected chi connectivity index (χ3v) is 1.76. The first kappa shape index (κ1) is 15.6. The van der Waals surface area contributed by atoms with E-state index in [0.717, 1.165) is 0 Å². The Balaban J connectivity index is 3.94. The van der Waals surface area contributed by atoms with E-state index in [1.54, 1.807) is 13.0 Å². The molecule has 0 aliphatic carbocycles. The van der Waals surface area contributed by atoms with Crippen LogP contribution in [0.2, 0.25) is 0 Å². The summed E-state index contributed by atoms with van der Waals surface area (Å²) in [6.45, 7) is 7.55. The van der Waals surface area contributed by atoms with Gasteiger partial charge in [-0.15, -0.1) is 0 Å². The van der Waals surface area contributed by atoms with Crippen LogP contribution in [0.1, 0.15) is 27.7 Å². The second kappa shape index (κ2) is 7.06. The Morgan fingerprint density at radius 1 is 1.35 bits per heavy atom. The van der Waals surface area contributed by atoms with E-state index in [4.69, 9.17) is 4.74 Å². The van der Waals surface area contributed by atoms with Gasteiger partial charge in [0.25, 0.3) is 0 Å². The summed E-state index contributed by atoms with van der Waals surface area (Å²) in [4.78, 5) is 22.3. The highest BCUT2D eigenvalue weighted by Crippen LogP contribution is 2.08. The summed E-state index contributed by atoms with van der Waals surface area (Å²) in [6, 6.07) is -0.420. The maximum absolute atomic E-state index is 11.5. The average Bonchev–Trinajstić information content (AvgIpc) is 2.21. The van der Waals surface area contributed by atoms with Crippen molar-refractivity contribution >= 4 is 11.9 Å². The number of methoxy groups -OCH3 is 1.